The van der Waals surface area contributed by atoms with Gasteiger partial charge in [-0.25, -0.2) is 0 Å². The summed E-state index contributed by atoms with van der Waals surface area (Å²) >= 11 is 5.24. The number of amides is 1. The molecule has 1 atom stereocenters. The average molecular weight is 340 g/mol. The molecule has 102 valence electrons. The number of thioether (sulfide) groups is 1. The Hall–Kier alpha value is -0.480. The van der Waals surface area contributed by atoms with Gasteiger partial charge in [-0.05, 0) is 30.5 Å². The van der Waals surface area contributed by atoms with E-state index in [1.165, 1.54) is 37.7 Å². The highest BCUT2D eigenvalue weighted by molar-refractivity contribution is 9.10. The maximum Gasteiger partial charge on any atom is 0.234 e. The lowest BCUT2D eigenvalue weighted by Gasteiger charge is -2.35. The highest BCUT2D eigenvalue weighted by Crippen LogP contribution is 2.42. The van der Waals surface area contributed by atoms with E-state index in [2.05, 4.69) is 45.1 Å². The molecule has 2 nitrogen and oxygen atoms in total. The third-order valence-electron chi connectivity index (χ3n) is 4.03. The van der Waals surface area contributed by atoms with Crippen LogP contribution in [0.25, 0.3) is 0 Å². The summed E-state index contributed by atoms with van der Waals surface area (Å²) in [6.07, 6.45) is 6.23. The lowest BCUT2D eigenvalue weighted by atomic mass is 9.93. The van der Waals surface area contributed by atoms with Crippen LogP contribution in [0.4, 0.5) is 0 Å². The van der Waals surface area contributed by atoms with E-state index in [0.717, 1.165) is 4.47 Å². The van der Waals surface area contributed by atoms with Crippen molar-refractivity contribution in [1.29, 1.82) is 0 Å². The summed E-state index contributed by atoms with van der Waals surface area (Å²) in [5.74, 6) is 0.960. The first-order chi connectivity index (χ1) is 9.25. The molecule has 1 amide bonds. The lowest BCUT2D eigenvalue weighted by molar-refractivity contribution is -0.131. The SMILES string of the molecule is O=C1CSC(c2ccc(Br)cc2)N1C1CCCCC1. The Balaban J connectivity index is 1.83. The minimum Gasteiger partial charge on any atom is -0.323 e. The Labute approximate surface area is 127 Å². The Morgan fingerprint density at radius 3 is 2.47 bits per heavy atom. The molecule has 1 aromatic carbocycles. The van der Waals surface area contributed by atoms with Gasteiger partial charge in [-0.15, -0.1) is 11.8 Å². The van der Waals surface area contributed by atoms with E-state index in [4.69, 9.17) is 0 Å². The maximum absolute atomic E-state index is 12.2. The molecule has 0 radical (unpaired) electrons. The largest absolute Gasteiger partial charge is 0.323 e. The molecule has 1 saturated carbocycles. The van der Waals surface area contributed by atoms with Crippen molar-refractivity contribution in [3.05, 3.63) is 34.3 Å². The molecule has 0 aromatic heterocycles. The van der Waals surface area contributed by atoms with Crippen LogP contribution in [0.15, 0.2) is 28.7 Å². The summed E-state index contributed by atoms with van der Waals surface area (Å²) < 4.78 is 1.09. The second kappa shape index (κ2) is 5.88. The molecule has 1 aliphatic heterocycles. The van der Waals surface area contributed by atoms with Crippen LogP contribution in [0, 0.1) is 0 Å². The normalized spacial score (nSPS) is 25.0. The summed E-state index contributed by atoms with van der Waals surface area (Å²) in [7, 11) is 0. The van der Waals surface area contributed by atoms with Crippen LogP contribution < -0.4 is 0 Å². The van der Waals surface area contributed by atoms with Gasteiger partial charge in [0, 0.05) is 10.5 Å². The molecule has 1 heterocycles. The van der Waals surface area contributed by atoms with Gasteiger partial charge in [0.05, 0.1) is 5.75 Å². The number of carbonyl (C=O) groups excluding carboxylic acids is 1. The third kappa shape index (κ3) is 2.84. The monoisotopic (exact) mass is 339 g/mol. The van der Waals surface area contributed by atoms with Crippen molar-refractivity contribution < 1.29 is 4.79 Å². The Bertz CT molecular complexity index is 456. The highest BCUT2D eigenvalue weighted by atomic mass is 79.9. The van der Waals surface area contributed by atoms with Crippen LogP contribution in [0.5, 0.6) is 0 Å². The first kappa shape index (κ1) is 13.5. The highest BCUT2D eigenvalue weighted by Gasteiger charge is 2.37. The van der Waals surface area contributed by atoms with Gasteiger partial charge in [-0.2, -0.15) is 0 Å². The van der Waals surface area contributed by atoms with Crippen molar-refractivity contribution >= 4 is 33.6 Å². The van der Waals surface area contributed by atoms with E-state index >= 15 is 0 Å². The zero-order chi connectivity index (χ0) is 13.2. The molecular weight excluding hydrogens is 322 g/mol. The quantitative estimate of drug-likeness (QED) is 0.797. The molecule has 2 aliphatic rings. The number of hydrogen-bond acceptors (Lipinski definition) is 2. The number of carbonyl (C=O) groups is 1. The maximum atomic E-state index is 12.2. The van der Waals surface area contributed by atoms with E-state index in [9.17, 15) is 4.79 Å². The van der Waals surface area contributed by atoms with Crippen LogP contribution in [-0.4, -0.2) is 22.6 Å². The van der Waals surface area contributed by atoms with Crippen molar-refractivity contribution in [3.63, 3.8) is 0 Å². The summed E-state index contributed by atoms with van der Waals surface area (Å²) in [4.78, 5) is 14.4. The number of benzene rings is 1. The molecular formula is C15H18BrNOS. The van der Waals surface area contributed by atoms with Crippen LogP contribution in [0.3, 0.4) is 0 Å². The van der Waals surface area contributed by atoms with E-state index < -0.39 is 0 Å². The summed E-state index contributed by atoms with van der Waals surface area (Å²) in [5.41, 5.74) is 1.25. The smallest absolute Gasteiger partial charge is 0.234 e. The predicted molar refractivity (Wildman–Crippen MR) is 83.1 cm³/mol. The van der Waals surface area contributed by atoms with Crippen LogP contribution in [0.2, 0.25) is 0 Å². The molecule has 4 heteroatoms. The molecule has 1 aliphatic carbocycles. The Morgan fingerprint density at radius 1 is 1.11 bits per heavy atom. The van der Waals surface area contributed by atoms with E-state index in [1.54, 1.807) is 11.8 Å². The summed E-state index contributed by atoms with van der Waals surface area (Å²) in [5, 5.41) is 0.226. The second-order valence-corrected chi connectivity index (χ2v) is 7.29. The van der Waals surface area contributed by atoms with Crippen molar-refractivity contribution in [2.45, 2.75) is 43.5 Å². The molecule has 2 fully saturated rings. The standard InChI is InChI=1S/C15H18BrNOS/c16-12-8-6-11(7-9-12)15-17(14(18)10-19-15)13-4-2-1-3-5-13/h6-9,13,15H,1-5,10H2. The molecule has 19 heavy (non-hydrogen) atoms. The summed E-state index contributed by atoms with van der Waals surface area (Å²) in [6, 6.07) is 8.87. The topological polar surface area (TPSA) is 20.3 Å². The number of halogens is 1. The fraction of sp³-hybridized carbons (Fsp3) is 0.533. The van der Waals surface area contributed by atoms with E-state index in [1.807, 2.05) is 0 Å². The van der Waals surface area contributed by atoms with Crippen molar-refractivity contribution in [1.82, 2.24) is 4.90 Å². The minimum absolute atomic E-state index is 0.226. The molecule has 1 unspecified atom stereocenters. The first-order valence-electron chi connectivity index (χ1n) is 6.94. The van der Waals surface area contributed by atoms with Crippen LogP contribution in [0.1, 0.15) is 43.0 Å². The molecule has 3 rings (SSSR count). The fourth-order valence-corrected chi connectivity index (χ4v) is 4.59. The average Bonchev–Trinajstić information content (AvgIpc) is 2.82. The van der Waals surface area contributed by atoms with Crippen molar-refractivity contribution in [2.24, 2.45) is 0 Å². The first-order valence-corrected chi connectivity index (χ1v) is 8.78. The fourth-order valence-electron chi connectivity index (χ4n) is 3.07. The number of rotatable bonds is 2. The van der Waals surface area contributed by atoms with E-state index in [-0.39, 0.29) is 5.37 Å². The van der Waals surface area contributed by atoms with Crippen molar-refractivity contribution in [2.75, 3.05) is 5.75 Å². The van der Waals surface area contributed by atoms with Gasteiger partial charge < -0.3 is 4.90 Å². The van der Waals surface area contributed by atoms with Gasteiger partial charge in [0.25, 0.3) is 0 Å². The summed E-state index contributed by atoms with van der Waals surface area (Å²) in [6.45, 7) is 0. The number of nitrogens with zero attached hydrogens (tertiary/aromatic N) is 1. The predicted octanol–water partition coefficient (Wildman–Crippen LogP) is 4.36. The zero-order valence-corrected chi connectivity index (χ0v) is 13.3. The van der Waals surface area contributed by atoms with Crippen LogP contribution in [-0.2, 0) is 4.79 Å². The Kier molecular flexibility index (Phi) is 4.18. The molecule has 1 aromatic rings. The molecule has 0 spiro atoms. The molecule has 0 N–H and O–H groups in total. The Morgan fingerprint density at radius 2 is 1.79 bits per heavy atom. The van der Waals surface area contributed by atoms with Crippen LogP contribution >= 0.6 is 27.7 Å². The van der Waals surface area contributed by atoms with Crippen molar-refractivity contribution in [3.8, 4) is 0 Å². The van der Waals surface area contributed by atoms with Gasteiger partial charge >= 0.3 is 0 Å². The van der Waals surface area contributed by atoms with Gasteiger partial charge in [0.2, 0.25) is 5.91 Å². The van der Waals surface area contributed by atoms with Gasteiger partial charge in [0.1, 0.15) is 5.37 Å². The lowest BCUT2D eigenvalue weighted by Crippen LogP contribution is -2.39. The van der Waals surface area contributed by atoms with E-state index in [0.29, 0.717) is 17.7 Å². The van der Waals surface area contributed by atoms with Gasteiger partial charge in [-0.1, -0.05) is 47.3 Å². The van der Waals surface area contributed by atoms with Gasteiger partial charge in [-0.3, -0.25) is 4.79 Å². The number of hydrogen-bond donors (Lipinski definition) is 0. The third-order valence-corrected chi connectivity index (χ3v) is 5.79. The minimum atomic E-state index is 0.226. The molecule has 0 bridgehead atoms. The second-order valence-electron chi connectivity index (χ2n) is 5.31. The molecule has 1 saturated heterocycles. The van der Waals surface area contributed by atoms with Gasteiger partial charge in [0.15, 0.2) is 0 Å². The zero-order valence-electron chi connectivity index (χ0n) is 10.8.